The number of amides is 2. The Morgan fingerprint density at radius 1 is 1.04 bits per heavy atom. The molecule has 5 heteroatoms. The molecule has 0 fully saturated rings. The minimum absolute atomic E-state index is 0.0906. The van der Waals surface area contributed by atoms with E-state index in [1.54, 1.807) is 25.1 Å². The predicted molar refractivity (Wildman–Crippen MR) is 104 cm³/mol. The monoisotopic (exact) mass is 370 g/mol. The molecule has 0 aliphatic rings. The number of nitrogens with one attached hydrogen (secondary N) is 1. The molecule has 2 aromatic rings. The molecule has 2 amide bonds. The average molecular weight is 370 g/mol. The van der Waals surface area contributed by atoms with Crippen molar-refractivity contribution < 1.29 is 14.0 Å². The number of hydrogen-bond donors (Lipinski definition) is 1. The first-order valence-electron chi connectivity index (χ1n) is 9.06. The Balaban J connectivity index is 2.24. The zero-order valence-electron chi connectivity index (χ0n) is 16.3. The van der Waals surface area contributed by atoms with Crippen molar-refractivity contribution in [2.24, 2.45) is 0 Å². The maximum atomic E-state index is 14.0. The predicted octanol–water partition coefficient (Wildman–Crippen LogP) is 3.70. The number of nitrogens with zero attached hydrogens (tertiary/aromatic N) is 1. The van der Waals surface area contributed by atoms with Crippen LogP contribution in [0.5, 0.6) is 0 Å². The summed E-state index contributed by atoms with van der Waals surface area (Å²) < 4.78 is 14.0. The van der Waals surface area contributed by atoms with Crippen molar-refractivity contribution in [1.29, 1.82) is 0 Å². The molecule has 0 aliphatic carbocycles. The summed E-state index contributed by atoms with van der Waals surface area (Å²) in [5.41, 5.74) is 0.831. The highest BCUT2D eigenvalue weighted by atomic mass is 19.1. The second-order valence-corrected chi connectivity index (χ2v) is 7.69. The smallest absolute Gasteiger partial charge is 0.242 e. The fourth-order valence-electron chi connectivity index (χ4n) is 2.74. The van der Waals surface area contributed by atoms with Crippen LogP contribution in [0.2, 0.25) is 0 Å². The Kier molecular flexibility index (Phi) is 6.72. The molecule has 0 heterocycles. The van der Waals surface area contributed by atoms with Crippen LogP contribution in [-0.2, 0) is 22.6 Å². The summed E-state index contributed by atoms with van der Waals surface area (Å²) >= 11 is 0. The topological polar surface area (TPSA) is 49.4 Å². The standard InChI is InChI=1S/C22H27FN2O2/c1-16(21(27)24-22(2,3)4)25(15-17-10-6-5-7-11-17)20(26)14-18-12-8-9-13-19(18)23/h5-13,16H,14-15H2,1-4H3,(H,24,27)/t16-/m0/s1. The lowest BCUT2D eigenvalue weighted by Crippen LogP contribution is -2.52. The normalized spacial score (nSPS) is 12.3. The molecule has 4 nitrogen and oxygen atoms in total. The number of halogens is 1. The van der Waals surface area contributed by atoms with Crippen LogP contribution in [0, 0.1) is 5.82 Å². The third-order valence-corrected chi connectivity index (χ3v) is 4.16. The maximum Gasteiger partial charge on any atom is 0.242 e. The average Bonchev–Trinajstić information content (AvgIpc) is 2.60. The molecule has 27 heavy (non-hydrogen) atoms. The van der Waals surface area contributed by atoms with Gasteiger partial charge in [0.05, 0.1) is 6.42 Å². The molecular formula is C22H27FN2O2. The maximum absolute atomic E-state index is 14.0. The Labute approximate surface area is 160 Å². The van der Waals surface area contributed by atoms with Gasteiger partial charge >= 0.3 is 0 Å². The number of carbonyl (C=O) groups is 2. The van der Waals surface area contributed by atoms with Crippen molar-refractivity contribution in [3.8, 4) is 0 Å². The van der Waals surface area contributed by atoms with Gasteiger partial charge in [-0.1, -0.05) is 48.5 Å². The SMILES string of the molecule is C[C@@H](C(=O)NC(C)(C)C)N(Cc1ccccc1)C(=O)Cc1ccccc1F. The van der Waals surface area contributed by atoms with Crippen LogP contribution >= 0.6 is 0 Å². The summed E-state index contributed by atoms with van der Waals surface area (Å²) in [5, 5.41) is 2.91. The van der Waals surface area contributed by atoms with Crippen molar-refractivity contribution in [1.82, 2.24) is 10.2 Å². The van der Waals surface area contributed by atoms with Gasteiger partial charge in [0.25, 0.3) is 0 Å². The van der Waals surface area contributed by atoms with Crippen molar-refractivity contribution in [3.63, 3.8) is 0 Å². The molecule has 0 aliphatic heterocycles. The van der Waals surface area contributed by atoms with Crippen LogP contribution < -0.4 is 5.32 Å². The Hall–Kier alpha value is -2.69. The zero-order valence-corrected chi connectivity index (χ0v) is 16.3. The van der Waals surface area contributed by atoms with Crippen LogP contribution in [0.1, 0.15) is 38.8 Å². The Bertz CT molecular complexity index is 784. The van der Waals surface area contributed by atoms with Crippen LogP contribution in [0.4, 0.5) is 4.39 Å². The van der Waals surface area contributed by atoms with Crippen LogP contribution in [0.25, 0.3) is 0 Å². The van der Waals surface area contributed by atoms with Gasteiger partial charge in [-0.3, -0.25) is 9.59 Å². The van der Waals surface area contributed by atoms with Crippen molar-refractivity contribution >= 4 is 11.8 Å². The summed E-state index contributed by atoms with van der Waals surface area (Å²) in [6, 6.07) is 15.0. The van der Waals surface area contributed by atoms with Gasteiger partial charge in [0.15, 0.2) is 0 Å². The summed E-state index contributed by atoms with van der Waals surface area (Å²) in [6.45, 7) is 7.65. The van der Waals surface area contributed by atoms with Gasteiger partial charge < -0.3 is 10.2 Å². The molecule has 0 radical (unpaired) electrons. The van der Waals surface area contributed by atoms with E-state index in [0.29, 0.717) is 5.56 Å². The van der Waals surface area contributed by atoms with E-state index in [9.17, 15) is 14.0 Å². The second-order valence-electron chi connectivity index (χ2n) is 7.69. The molecule has 0 spiro atoms. The van der Waals surface area contributed by atoms with Crippen molar-refractivity contribution in [2.45, 2.75) is 52.2 Å². The van der Waals surface area contributed by atoms with Gasteiger partial charge in [-0.25, -0.2) is 4.39 Å². The van der Waals surface area contributed by atoms with Gasteiger partial charge in [-0.15, -0.1) is 0 Å². The van der Waals surface area contributed by atoms with E-state index in [4.69, 9.17) is 0 Å². The molecule has 0 unspecified atom stereocenters. The van der Waals surface area contributed by atoms with Crippen LogP contribution in [0.3, 0.4) is 0 Å². The highest BCUT2D eigenvalue weighted by Crippen LogP contribution is 2.15. The molecule has 144 valence electrons. The van der Waals surface area contributed by atoms with E-state index >= 15 is 0 Å². The van der Waals surface area contributed by atoms with E-state index in [-0.39, 0.29) is 24.8 Å². The summed E-state index contributed by atoms with van der Waals surface area (Å²) in [4.78, 5) is 27.1. The van der Waals surface area contributed by atoms with Gasteiger partial charge in [-0.05, 0) is 44.9 Å². The highest BCUT2D eigenvalue weighted by Gasteiger charge is 2.28. The molecule has 2 aromatic carbocycles. The first kappa shape index (κ1) is 20.6. The first-order valence-corrected chi connectivity index (χ1v) is 9.06. The van der Waals surface area contributed by atoms with Crippen LogP contribution in [-0.4, -0.2) is 28.3 Å². The quantitative estimate of drug-likeness (QED) is 0.843. The van der Waals surface area contributed by atoms with Crippen molar-refractivity contribution in [3.05, 3.63) is 71.5 Å². The third kappa shape index (κ3) is 6.20. The molecule has 1 atom stereocenters. The summed E-state index contributed by atoms with van der Waals surface area (Å²) in [7, 11) is 0. The molecule has 0 aromatic heterocycles. The van der Waals surface area contributed by atoms with E-state index in [2.05, 4.69) is 5.32 Å². The van der Waals surface area contributed by atoms with E-state index in [1.165, 1.54) is 11.0 Å². The number of carbonyl (C=O) groups excluding carboxylic acids is 2. The lowest BCUT2D eigenvalue weighted by molar-refractivity contribution is -0.140. The van der Waals surface area contributed by atoms with Gasteiger partial charge in [0, 0.05) is 12.1 Å². The van der Waals surface area contributed by atoms with Gasteiger partial charge in [-0.2, -0.15) is 0 Å². The molecular weight excluding hydrogens is 343 g/mol. The molecule has 2 rings (SSSR count). The Morgan fingerprint density at radius 2 is 1.63 bits per heavy atom. The fourth-order valence-corrected chi connectivity index (χ4v) is 2.74. The van der Waals surface area contributed by atoms with E-state index in [0.717, 1.165) is 5.56 Å². The minimum atomic E-state index is -0.677. The van der Waals surface area contributed by atoms with E-state index < -0.39 is 17.4 Å². The fraction of sp³-hybridized carbons (Fsp3) is 0.364. The zero-order chi connectivity index (χ0) is 20.0. The molecule has 0 bridgehead atoms. The largest absolute Gasteiger partial charge is 0.350 e. The number of hydrogen-bond acceptors (Lipinski definition) is 2. The summed E-state index contributed by atoms with van der Waals surface area (Å²) in [6.07, 6.45) is -0.0906. The number of benzene rings is 2. The lowest BCUT2D eigenvalue weighted by Gasteiger charge is -2.31. The molecule has 0 saturated carbocycles. The Morgan fingerprint density at radius 3 is 2.22 bits per heavy atom. The van der Waals surface area contributed by atoms with Gasteiger partial charge in [0.1, 0.15) is 11.9 Å². The molecule has 0 saturated heterocycles. The number of rotatable bonds is 6. The first-order chi connectivity index (χ1) is 12.7. The third-order valence-electron chi connectivity index (χ3n) is 4.16. The lowest BCUT2D eigenvalue weighted by atomic mass is 10.1. The highest BCUT2D eigenvalue weighted by molar-refractivity contribution is 5.88. The van der Waals surface area contributed by atoms with Gasteiger partial charge in [0.2, 0.25) is 11.8 Å². The van der Waals surface area contributed by atoms with Crippen LogP contribution in [0.15, 0.2) is 54.6 Å². The molecule has 1 N–H and O–H groups in total. The van der Waals surface area contributed by atoms with E-state index in [1.807, 2.05) is 51.1 Å². The van der Waals surface area contributed by atoms with Crippen molar-refractivity contribution in [2.75, 3.05) is 0 Å². The second kappa shape index (κ2) is 8.80. The minimum Gasteiger partial charge on any atom is -0.350 e. The summed E-state index contributed by atoms with van der Waals surface area (Å²) in [5.74, 6) is -0.946.